The van der Waals surface area contributed by atoms with E-state index in [1.807, 2.05) is 24.3 Å². The zero-order valence-corrected chi connectivity index (χ0v) is 15.1. The summed E-state index contributed by atoms with van der Waals surface area (Å²) in [6, 6.07) is 14.3. The highest BCUT2D eigenvalue weighted by Gasteiger charge is 2.17. The standard InChI is InChI=1S/C19H17N3O3S/c1-20-17(23)12-7-3-5-9-14(12)21-18(24)15-11-26-19(22-15)13-8-4-6-10-16(13)25-2/h3-11H,1-2H3,(H,20,23)(H,21,24). The van der Waals surface area contributed by atoms with Crippen molar-refractivity contribution in [3.05, 3.63) is 65.2 Å². The van der Waals surface area contributed by atoms with Crippen LogP contribution in [-0.2, 0) is 0 Å². The molecule has 3 rings (SSSR count). The number of hydrogen-bond acceptors (Lipinski definition) is 5. The fourth-order valence-corrected chi connectivity index (χ4v) is 3.26. The fraction of sp³-hybridized carbons (Fsp3) is 0.105. The summed E-state index contributed by atoms with van der Waals surface area (Å²) in [7, 11) is 3.14. The number of anilines is 1. The van der Waals surface area contributed by atoms with Gasteiger partial charge in [0.15, 0.2) is 0 Å². The van der Waals surface area contributed by atoms with E-state index < -0.39 is 0 Å². The summed E-state index contributed by atoms with van der Waals surface area (Å²) < 4.78 is 5.34. The third-order valence-electron chi connectivity index (χ3n) is 3.72. The van der Waals surface area contributed by atoms with Crippen LogP contribution >= 0.6 is 11.3 Å². The van der Waals surface area contributed by atoms with Gasteiger partial charge >= 0.3 is 0 Å². The third kappa shape index (κ3) is 3.57. The summed E-state index contributed by atoms with van der Waals surface area (Å²) in [5, 5.41) is 7.67. The van der Waals surface area contributed by atoms with Crippen LogP contribution in [0.5, 0.6) is 5.75 Å². The number of rotatable bonds is 5. The van der Waals surface area contributed by atoms with Gasteiger partial charge in [0, 0.05) is 12.4 Å². The molecule has 1 heterocycles. The van der Waals surface area contributed by atoms with E-state index in [-0.39, 0.29) is 17.5 Å². The number of benzene rings is 2. The maximum Gasteiger partial charge on any atom is 0.275 e. The van der Waals surface area contributed by atoms with Crippen LogP contribution in [0, 0.1) is 0 Å². The van der Waals surface area contributed by atoms with Crippen LogP contribution in [0.3, 0.4) is 0 Å². The molecule has 0 unspecified atom stereocenters. The van der Waals surface area contributed by atoms with Gasteiger partial charge in [-0.3, -0.25) is 9.59 Å². The first-order chi connectivity index (χ1) is 12.6. The number of hydrogen-bond donors (Lipinski definition) is 2. The van der Waals surface area contributed by atoms with Crippen molar-refractivity contribution in [1.82, 2.24) is 10.3 Å². The molecule has 6 nitrogen and oxygen atoms in total. The second-order valence-electron chi connectivity index (χ2n) is 5.32. The number of carbonyl (C=O) groups is 2. The molecule has 0 saturated carbocycles. The zero-order valence-electron chi connectivity index (χ0n) is 14.3. The van der Waals surface area contributed by atoms with Crippen molar-refractivity contribution in [2.45, 2.75) is 0 Å². The van der Waals surface area contributed by atoms with E-state index in [1.54, 1.807) is 43.8 Å². The van der Waals surface area contributed by atoms with Gasteiger partial charge < -0.3 is 15.4 Å². The Hall–Kier alpha value is -3.19. The van der Waals surface area contributed by atoms with Crippen LogP contribution in [0.25, 0.3) is 10.6 Å². The number of thiazole rings is 1. The predicted molar refractivity (Wildman–Crippen MR) is 102 cm³/mol. The minimum atomic E-state index is -0.376. The average molecular weight is 367 g/mol. The van der Waals surface area contributed by atoms with Crippen LogP contribution < -0.4 is 15.4 Å². The van der Waals surface area contributed by atoms with Crippen LogP contribution in [0.4, 0.5) is 5.69 Å². The Morgan fingerprint density at radius 2 is 1.77 bits per heavy atom. The number of carbonyl (C=O) groups excluding carboxylic acids is 2. The Balaban J connectivity index is 1.85. The lowest BCUT2D eigenvalue weighted by molar-refractivity contribution is 0.0964. The molecule has 0 atom stereocenters. The Labute approximate surface area is 154 Å². The number of aromatic nitrogens is 1. The molecule has 0 fully saturated rings. The Kier molecular flexibility index (Phi) is 5.28. The van der Waals surface area contributed by atoms with Crippen molar-refractivity contribution in [3.63, 3.8) is 0 Å². The molecule has 2 amide bonds. The maximum atomic E-state index is 12.5. The summed E-state index contributed by atoms with van der Waals surface area (Å²) in [5.74, 6) is 0.0476. The van der Waals surface area contributed by atoms with E-state index in [0.717, 1.165) is 5.56 Å². The zero-order chi connectivity index (χ0) is 18.5. The number of para-hydroxylation sites is 2. The van der Waals surface area contributed by atoms with Gasteiger partial charge in [0.05, 0.1) is 23.9 Å². The van der Waals surface area contributed by atoms with Crippen LogP contribution in [0.1, 0.15) is 20.8 Å². The lowest BCUT2D eigenvalue weighted by Gasteiger charge is -2.09. The molecule has 0 bridgehead atoms. The van der Waals surface area contributed by atoms with Crippen molar-refractivity contribution >= 4 is 28.8 Å². The smallest absolute Gasteiger partial charge is 0.275 e. The van der Waals surface area contributed by atoms with Crippen molar-refractivity contribution in [2.24, 2.45) is 0 Å². The summed E-state index contributed by atoms with van der Waals surface area (Å²) in [5.41, 5.74) is 1.93. The Morgan fingerprint density at radius 1 is 1.04 bits per heavy atom. The molecule has 0 aliphatic rings. The topological polar surface area (TPSA) is 80.3 Å². The van der Waals surface area contributed by atoms with E-state index in [9.17, 15) is 9.59 Å². The van der Waals surface area contributed by atoms with E-state index in [2.05, 4.69) is 15.6 Å². The minimum Gasteiger partial charge on any atom is -0.496 e. The second-order valence-corrected chi connectivity index (χ2v) is 6.18. The summed E-state index contributed by atoms with van der Waals surface area (Å²) in [6.45, 7) is 0. The number of ether oxygens (including phenoxy) is 1. The quantitative estimate of drug-likeness (QED) is 0.724. The monoisotopic (exact) mass is 367 g/mol. The molecule has 132 valence electrons. The van der Waals surface area contributed by atoms with E-state index >= 15 is 0 Å². The Bertz CT molecular complexity index is 952. The van der Waals surface area contributed by atoms with Crippen molar-refractivity contribution in [1.29, 1.82) is 0 Å². The van der Waals surface area contributed by atoms with Gasteiger partial charge in [-0.25, -0.2) is 4.98 Å². The summed E-state index contributed by atoms with van der Waals surface area (Å²) in [4.78, 5) is 28.9. The van der Waals surface area contributed by atoms with E-state index in [0.29, 0.717) is 22.0 Å². The molecular weight excluding hydrogens is 350 g/mol. The molecule has 0 aliphatic heterocycles. The fourth-order valence-electron chi connectivity index (χ4n) is 2.43. The predicted octanol–water partition coefficient (Wildman–Crippen LogP) is 3.43. The highest BCUT2D eigenvalue weighted by Crippen LogP contribution is 2.32. The molecule has 0 aliphatic carbocycles. The summed E-state index contributed by atoms with van der Waals surface area (Å²) in [6.07, 6.45) is 0. The molecule has 2 N–H and O–H groups in total. The van der Waals surface area contributed by atoms with Gasteiger partial charge in [-0.2, -0.15) is 0 Å². The largest absolute Gasteiger partial charge is 0.496 e. The highest BCUT2D eigenvalue weighted by molar-refractivity contribution is 7.13. The first-order valence-corrected chi connectivity index (χ1v) is 8.73. The molecule has 0 saturated heterocycles. The van der Waals surface area contributed by atoms with Gasteiger partial charge in [0.1, 0.15) is 16.5 Å². The highest BCUT2D eigenvalue weighted by atomic mass is 32.1. The lowest BCUT2D eigenvalue weighted by Crippen LogP contribution is -2.21. The SMILES string of the molecule is CNC(=O)c1ccccc1NC(=O)c1csc(-c2ccccc2OC)n1. The van der Waals surface area contributed by atoms with Crippen molar-refractivity contribution < 1.29 is 14.3 Å². The van der Waals surface area contributed by atoms with Gasteiger partial charge in [-0.05, 0) is 24.3 Å². The number of nitrogens with zero attached hydrogens (tertiary/aromatic N) is 1. The normalized spacial score (nSPS) is 10.2. The molecule has 3 aromatic rings. The van der Waals surface area contributed by atoms with Crippen LogP contribution in [0.2, 0.25) is 0 Å². The number of nitrogens with one attached hydrogen (secondary N) is 2. The minimum absolute atomic E-state index is 0.270. The number of methoxy groups -OCH3 is 1. The second kappa shape index (κ2) is 7.79. The third-order valence-corrected chi connectivity index (χ3v) is 4.60. The first-order valence-electron chi connectivity index (χ1n) is 7.85. The van der Waals surface area contributed by atoms with Crippen LogP contribution in [-0.4, -0.2) is 31.0 Å². The molecule has 0 radical (unpaired) electrons. The van der Waals surface area contributed by atoms with E-state index in [1.165, 1.54) is 11.3 Å². The molecule has 0 spiro atoms. The van der Waals surface area contributed by atoms with Gasteiger partial charge in [-0.15, -0.1) is 11.3 Å². The van der Waals surface area contributed by atoms with Crippen LogP contribution in [0.15, 0.2) is 53.9 Å². The number of amides is 2. The first kappa shape index (κ1) is 17.6. The molecular formula is C19H17N3O3S. The van der Waals surface area contributed by atoms with E-state index in [4.69, 9.17) is 4.74 Å². The molecule has 1 aromatic heterocycles. The summed E-state index contributed by atoms with van der Waals surface area (Å²) >= 11 is 1.35. The van der Waals surface area contributed by atoms with Crippen molar-refractivity contribution in [3.8, 4) is 16.3 Å². The molecule has 2 aromatic carbocycles. The van der Waals surface area contributed by atoms with Gasteiger partial charge in [-0.1, -0.05) is 24.3 Å². The molecule has 7 heteroatoms. The maximum absolute atomic E-state index is 12.5. The molecule has 26 heavy (non-hydrogen) atoms. The van der Waals surface area contributed by atoms with Gasteiger partial charge in [0.25, 0.3) is 11.8 Å². The van der Waals surface area contributed by atoms with Gasteiger partial charge in [0.2, 0.25) is 0 Å². The Morgan fingerprint density at radius 3 is 2.54 bits per heavy atom. The lowest BCUT2D eigenvalue weighted by atomic mass is 10.1. The average Bonchev–Trinajstić information content (AvgIpc) is 3.18. The van der Waals surface area contributed by atoms with Crippen molar-refractivity contribution in [2.75, 3.05) is 19.5 Å².